The van der Waals surface area contributed by atoms with Gasteiger partial charge in [0, 0.05) is 35.7 Å². The number of aromatic amines is 1. The number of hydrogen-bond acceptors (Lipinski definition) is 7. The zero-order chi connectivity index (χ0) is 25.5. The van der Waals surface area contributed by atoms with Crippen LogP contribution in [0.5, 0.6) is 0 Å². The molecule has 0 spiro atoms. The van der Waals surface area contributed by atoms with E-state index in [1.807, 2.05) is 45.0 Å². The third-order valence-electron chi connectivity index (χ3n) is 5.94. The Balaban J connectivity index is 1.47. The second kappa shape index (κ2) is 9.33. The van der Waals surface area contributed by atoms with Crippen LogP contribution in [-0.2, 0) is 14.3 Å². The first-order valence-electron chi connectivity index (χ1n) is 12.0. The molecule has 8 nitrogen and oxygen atoms in total. The van der Waals surface area contributed by atoms with Gasteiger partial charge in [-0.05, 0) is 39.3 Å². The minimum Gasteiger partial charge on any atom is -0.444 e. The number of benzene rings is 1. The predicted octanol–water partition coefficient (Wildman–Crippen LogP) is 4.64. The first-order chi connectivity index (χ1) is 16.3. The van der Waals surface area contributed by atoms with E-state index in [-0.39, 0.29) is 17.9 Å². The van der Waals surface area contributed by atoms with Crippen molar-refractivity contribution < 1.29 is 19.1 Å². The van der Waals surface area contributed by atoms with Crippen LogP contribution in [0, 0.1) is 5.41 Å². The smallest absolute Gasteiger partial charge is 0.410 e. The maximum atomic E-state index is 12.6. The zero-order valence-electron chi connectivity index (χ0n) is 21.2. The van der Waals surface area contributed by atoms with Gasteiger partial charge in [-0.15, -0.1) is 11.8 Å². The number of aliphatic imine (C=N–C) groups is 1. The summed E-state index contributed by atoms with van der Waals surface area (Å²) in [5.41, 5.74) is 1.51. The number of carbonyl (C=O) groups excluding carboxylic acids is 3. The van der Waals surface area contributed by atoms with Crippen molar-refractivity contribution in [2.45, 2.75) is 65.6 Å². The van der Waals surface area contributed by atoms with Gasteiger partial charge in [-0.3, -0.25) is 14.6 Å². The van der Waals surface area contributed by atoms with E-state index in [2.05, 4.69) is 15.3 Å². The van der Waals surface area contributed by atoms with Crippen LogP contribution in [0.1, 0.15) is 53.7 Å². The van der Waals surface area contributed by atoms with Gasteiger partial charge in [0.15, 0.2) is 0 Å². The summed E-state index contributed by atoms with van der Waals surface area (Å²) < 4.78 is 5.50. The summed E-state index contributed by atoms with van der Waals surface area (Å²) in [5.74, 6) is -0.332. The highest BCUT2D eigenvalue weighted by atomic mass is 32.2. The Kier molecular flexibility index (Phi) is 6.74. The Labute approximate surface area is 210 Å². The first-order valence-corrected chi connectivity index (χ1v) is 13.0. The molecule has 0 aliphatic carbocycles. The van der Waals surface area contributed by atoms with Crippen molar-refractivity contribution in [2.75, 3.05) is 24.2 Å². The van der Waals surface area contributed by atoms with E-state index in [1.165, 1.54) is 11.8 Å². The molecule has 2 atom stereocenters. The maximum Gasteiger partial charge on any atom is 0.410 e. The van der Waals surface area contributed by atoms with E-state index in [0.717, 1.165) is 33.7 Å². The zero-order valence-corrected chi connectivity index (χ0v) is 22.0. The molecule has 2 N–H and O–H groups in total. The van der Waals surface area contributed by atoms with Gasteiger partial charge in [-0.2, -0.15) is 0 Å². The number of likely N-dealkylation sites (tertiary alicyclic amines) is 1. The van der Waals surface area contributed by atoms with E-state index < -0.39 is 22.8 Å². The second-order valence-electron chi connectivity index (χ2n) is 11.2. The van der Waals surface area contributed by atoms with E-state index >= 15 is 0 Å². The third kappa shape index (κ3) is 5.72. The van der Waals surface area contributed by atoms with E-state index in [9.17, 15) is 14.4 Å². The Morgan fingerprint density at radius 2 is 1.91 bits per heavy atom. The lowest BCUT2D eigenvalue weighted by Gasteiger charge is -2.24. The number of fused-ring (bicyclic) bond motifs is 1. The number of rotatable bonds is 5. The number of ketones is 2. The van der Waals surface area contributed by atoms with Gasteiger partial charge in [0.25, 0.3) is 0 Å². The van der Waals surface area contributed by atoms with Crippen LogP contribution in [-0.4, -0.2) is 69.1 Å². The Bertz CT molecular complexity index is 1190. The Morgan fingerprint density at radius 1 is 1.17 bits per heavy atom. The molecule has 35 heavy (non-hydrogen) atoms. The number of H-pyrrole nitrogens is 1. The lowest BCUT2D eigenvalue weighted by Crippen LogP contribution is -2.36. The second-order valence-corrected chi connectivity index (χ2v) is 12.2. The molecule has 2 aliphatic heterocycles. The normalized spacial score (nSPS) is 20.7. The summed E-state index contributed by atoms with van der Waals surface area (Å²) in [6, 6.07) is 7.52. The van der Waals surface area contributed by atoms with Gasteiger partial charge in [0.05, 0.1) is 16.9 Å². The van der Waals surface area contributed by atoms with Crippen molar-refractivity contribution in [1.29, 1.82) is 0 Å². The standard InChI is InChI=1S/C26H34N4O4S/c1-25(2,3)22(32)21(31)19-14-35-23(29-19)18-12-15-8-7-9-17(20(15)28-18)27-16-10-11-30(13-16)24(33)34-26(4,5)6/h7-9,12,16,19,27-28H,10-11,13-14H2,1-6H3/t16?,19-/m0/s1. The minimum absolute atomic E-state index is 0.114. The number of amides is 1. The van der Waals surface area contributed by atoms with Crippen molar-refractivity contribution in [3.63, 3.8) is 0 Å². The van der Waals surface area contributed by atoms with Gasteiger partial charge in [-0.1, -0.05) is 32.9 Å². The maximum absolute atomic E-state index is 12.6. The van der Waals surface area contributed by atoms with E-state index in [1.54, 1.807) is 25.7 Å². The minimum atomic E-state index is -0.707. The quantitative estimate of drug-likeness (QED) is 0.582. The van der Waals surface area contributed by atoms with Crippen LogP contribution in [0.15, 0.2) is 29.3 Å². The SMILES string of the molecule is CC(C)(C)OC(=O)N1CCC(Nc2cccc3cc(C4=N[C@H](C(=O)C(=O)C(C)(C)C)CS4)[nH]c23)C1. The summed E-state index contributed by atoms with van der Waals surface area (Å²) in [6.45, 7) is 12.1. The summed E-state index contributed by atoms with van der Waals surface area (Å²) >= 11 is 1.49. The number of Topliss-reactive ketones (excluding diaryl/α,β-unsaturated/α-hetero) is 2. The molecule has 1 unspecified atom stereocenters. The number of nitrogens with zero attached hydrogens (tertiary/aromatic N) is 2. The van der Waals surface area contributed by atoms with Gasteiger partial charge >= 0.3 is 6.09 Å². The molecule has 2 aliphatic rings. The molecule has 2 aromatic rings. The Morgan fingerprint density at radius 3 is 2.60 bits per heavy atom. The number of ether oxygens (including phenoxy) is 1. The van der Waals surface area contributed by atoms with Crippen LogP contribution < -0.4 is 5.32 Å². The number of aromatic nitrogens is 1. The van der Waals surface area contributed by atoms with E-state index in [4.69, 9.17) is 4.74 Å². The molecule has 0 saturated carbocycles. The lowest BCUT2D eigenvalue weighted by molar-refractivity contribution is -0.141. The third-order valence-corrected chi connectivity index (χ3v) is 7.03. The van der Waals surface area contributed by atoms with Gasteiger partial charge in [0.2, 0.25) is 11.6 Å². The number of anilines is 1. The fraction of sp³-hybridized carbons (Fsp3) is 0.538. The highest BCUT2D eigenvalue weighted by Gasteiger charge is 2.36. The molecule has 188 valence electrons. The van der Waals surface area contributed by atoms with Crippen molar-refractivity contribution in [1.82, 2.24) is 9.88 Å². The molecule has 0 radical (unpaired) electrons. The molecule has 1 saturated heterocycles. The molecule has 1 fully saturated rings. The molecule has 3 heterocycles. The van der Waals surface area contributed by atoms with Gasteiger partial charge < -0.3 is 19.9 Å². The molecule has 9 heteroatoms. The van der Waals surface area contributed by atoms with Gasteiger partial charge in [-0.25, -0.2) is 4.79 Å². The fourth-order valence-electron chi connectivity index (χ4n) is 4.16. The average molecular weight is 499 g/mol. The Hall–Kier alpha value is -2.81. The number of carbonyl (C=O) groups is 3. The topological polar surface area (TPSA) is 104 Å². The van der Waals surface area contributed by atoms with Crippen molar-refractivity contribution >= 4 is 51.1 Å². The molecule has 1 amide bonds. The molecular weight excluding hydrogens is 464 g/mol. The molecule has 4 rings (SSSR count). The van der Waals surface area contributed by atoms with Crippen molar-refractivity contribution in [3.05, 3.63) is 30.0 Å². The number of thioether (sulfide) groups is 1. The van der Waals surface area contributed by atoms with E-state index in [0.29, 0.717) is 18.8 Å². The molecule has 1 aromatic heterocycles. The predicted molar refractivity (Wildman–Crippen MR) is 140 cm³/mol. The lowest BCUT2D eigenvalue weighted by atomic mass is 9.86. The van der Waals surface area contributed by atoms with Crippen molar-refractivity contribution in [2.24, 2.45) is 10.4 Å². The largest absolute Gasteiger partial charge is 0.444 e. The number of hydrogen-bond donors (Lipinski definition) is 2. The van der Waals surface area contributed by atoms with Crippen molar-refractivity contribution in [3.8, 4) is 0 Å². The van der Waals surface area contributed by atoms with Crippen LogP contribution in [0.2, 0.25) is 0 Å². The molecular formula is C26H34N4O4S. The molecule has 1 aromatic carbocycles. The summed E-state index contributed by atoms with van der Waals surface area (Å²) in [7, 11) is 0. The summed E-state index contributed by atoms with van der Waals surface area (Å²) in [4.78, 5) is 47.2. The van der Waals surface area contributed by atoms with Crippen LogP contribution in [0.3, 0.4) is 0 Å². The summed E-state index contributed by atoms with van der Waals surface area (Å²) in [5, 5.41) is 5.33. The van der Waals surface area contributed by atoms with Crippen LogP contribution >= 0.6 is 11.8 Å². The monoisotopic (exact) mass is 498 g/mol. The molecule has 0 bridgehead atoms. The first kappa shape index (κ1) is 25.3. The average Bonchev–Trinajstić information content (AvgIpc) is 3.49. The summed E-state index contributed by atoms with van der Waals surface area (Å²) in [6.07, 6.45) is 0.546. The number of para-hydroxylation sites is 1. The highest BCUT2D eigenvalue weighted by Crippen LogP contribution is 2.31. The van der Waals surface area contributed by atoms with Crippen LogP contribution in [0.25, 0.3) is 10.9 Å². The highest BCUT2D eigenvalue weighted by molar-refractivity contribution is 8.14. The van der Waals surface area contributed by atoms with Gasteiger partial charge in [0.1, 0.15) is 16.7 Å². The van der Waals surface area contributed by atoms with Crippen LogP contribution in [0.4, 0.5) is 10.5 Å². The number of nitrogens with one attached hydrogen (secondary N) is 2. The fourth-order valence-corrected chi connectivity index (χ4v) is 5.17.